The Kier molecular flexibility index (Phi) is 5.59. The van der Waals surface area contributed by atoms with Crippen molar-refractivity contribution in [2.75, 3.05) is 9.62 Å². The lowest BCUT2D eigenvalue weighted by molar-refractivity contribution is -0.118. The Morgan fingerprint density at radius 2 is 1.71 bits per heavy atom. The predicted molar refractivity (Wildman–Crippen MR) is 132 cm³/mol. The number of benzene rings is 3. The number of fused-ring (bicyclic) bond motifs is 2. The minimum atomic E-state index is -4.24. The van der Waals surface area contributed by atoms with Crippen LogP contribution in [0.3, 0.4) is 0 Å². The van der Waals surface area contributed by atoms with Crippen molar-refractivity contribution in [3.63, 3.8) is 0 Å². The SMILES string of the molecule is NS(=O)(=O)c1cccc2c1N(c1ccc(Cl)cc1NS(=O)(=O)c1cc3ccccc3o1)C(=O)CC2. The lowest BCUT2D eigenvalue weighted by Gasteiger charge is -2.32. The van der Waals surface area contributed by atoms with Gasteiger partial charge in [-0.05, 0) is 42.3 Å². The summed E-state index contributed by atoms with van der Waals surface area (Å²) in [4.78, 5) is 14.0. The summed E-state index contributed by atoms with van der Waals surface area (Å²) in [6.07, 6.45) is 0.390. The molecule has 0 fully saturated rings. The number of para-hydroxylation sites is 2. The molecule has 5 rings (SSSR count). The number of halogens is 1. The van der Waals surface area contributed by atoms with Gasteiger partial charge < -0.3 is 4.42 Å². The molecule has 0 spiro atoms. The van der Waals surface area contributed by atoms with E-state index in [-0.39, 0.29) is 38.5 Å². The Morgan fingerprint density at radius 1 is 0.943 bits per heavy atom. The van der Waals surface area contributed by atoms with Gasteiger partial charge in [-0.1, -0.05) is 41.9 Å². The molecule has 0 aliphatic carbocycles. The van der Waals surface area contributed by atoms with E-state index in [2.05, 4.69) is 4.72 Å². The van der Waals surface area contributed by atoms with E-state index in [4.69, 9.17) is 21.2 Å². The van der Waals surface area contributed by atoms with E-state index in [0.717, 1.165) is 4.90 Å². The zero-order valence-corrected chi connectivity index (χ0v) is 20.3. The van der Waals surface area contributed by atoms with E-state index < -0.39 is 26.0 Å². The average molecular weight is 532 g/mol. The normalized spacial score (nSPS) is 14.2. The number of carbonyl (C=O) groups is 1. The fourth-order valence-corrected chi connectivity index (χ4v) is 6.02. The summed E-state index contributed by atoms with van der Waals surface area (Å²) in [6.45, 7) is 0. The van der Waals surface area contributed by atoms with E-state index in [1.165, 1.54) is 30.3 Å². The molecule has 0 saturated heterocycles. The molecular formula is C23H18ClN3O6S2. The maximum atomic E-state index is 13.2. The Balaban J connectivity index is 1.66. The molecule has 2 heterocycles. The van der Waals surface area contributed by atoms with Crippen LogP contribution in [0, 0.1) is 0 Å². The van der Waals surface area contributed by atoms with E-state index >= 15 is 0 Å². The fraction of sp³-hybridized carbons (Fsp3) is 0.0870. The van der Waals surface area contributed by atoms with Gasteiger partial charge in [-0.2, -0.15) is 8.42 Å². The van der Waals surface area contributed by atoms with Crippen LogP contribution in [0.5, 0.6) is 0 Å². The van der Waals surface area contributed by atoms with Gasteiger partial charge in [0.05, 0.1) is 17.1 Å². The molecule has 1 aliphatic heterocycles. The fourth-order valence-electron chi connectivity index (χ4n) is 4.06. The van der Waals surface area contributed by atoms with Crippen LogP contribution in [-0.4, -0.2) is 22.7 Å². The van der Waals surface area contributed by atoms with E-state index in [9.17, 15) is 21.6 Å². The van der Waals surface area contributed by atoms with Gasteiger partial charge >= 0.3 is 0 Å². The number of sulfonamides is 2. The molecule has 12 heteroatoms. The summed E-state index contributed by atoms with van der Waals surface area (Å²) >= 11 is 6.16. The first kappa shape index (κ1) is 23.4. The van der Waals surface area contributed by atoms with Crippen LogP contribution in [-0.2, 0) is 31.3 Å². The Hall–Kier alpha value is -3.38. The quantitative estimate of drug-likeness (QED) is 0.396. The number of anilines is 3. The van der Waals surface area contributed by atoms with Crippen LogP contribution in [0.1, 0.15) is 12.0 Å². The summed E-state index contributed by atoms with van der Waals surface area (Å²) in [7, 11) is -8.44. The zero-order chi connectivity index (χ0) is 25.0. The van der Waals surface area contributed by atoms with Crippen molar-refractivity contribution in [1.29, 1.82) is 0 Å². The van der Waals surface area contributed by atoms with Crippen LogP contribution in [0.2, 0.25) is 5.02 Å². The molecule has 0 unspecified atom stereocenters. The second-order valence-electron chi connectivity index (χ2n) is 7.91. The van der Waals surface area contributed by atoms with Crippen molar-refractivity contribution < 1.29 is 26.0 Å². The summed E-state index contributed by atoms with van der Waals surface area (Å²) < 4.78 is 59.0. The van der Waals surface area contributed by atoms with Crippen molar-refractivity contribution in [2.45, 2.75) is 22.8 Å². The van der Waals surface area contributed by atoms with Gasteiger partial charge in [-0.3, -0.25) is 14.4 Å². The number of hydrogen-bond donors (Lipinski definition) is 2. The first-order valence-electron chi connectivity index (χ1n) is 10.3. The van der Waals surface area contributed by atoms with Crippen LogP contribution >= 0.6 is 11.6 Å². The molecule has 0 saturated carbocycles. The highest BCUT2D eigenvalue weighted by molar-refractivity contribution is 7.92. The summed E-state index contributed by atoms with van der Waals surface area (Å²) in [5.74, 6) is -0.430. The third-order valence-electron chi connectivity index (χ3n) is 5.58. The highest BCUT2D eigenvalue weighted by atomic mass is 35.5. The standard InChI is InChI=1S/C23H18ClN3O6S2/c24-16-9-10-18(27-21(28)11-8-14-5-3-7-20(23(14)27)34(25,29)30)17(13-16)26-35(31,32)22-12-15-4-1-2-6-19(15)33-22/h1-7,9-10,12-13,26H,8,11H2,(H2,25,29,30). The van der Waals surface area contributed by atoms with Crippen molar-refractivity contribution in [3.05, 3.63) is 77.3 Å². The molecule has 3 N–H and O–H groups in total. The zero-order valence-electron chi connectivity index (χ0n) is 17.9. The van der Waals surface area contributed by atoms with Crippen molar-refractivity contribution >= 4 is 65.6 Å². The van der Waals surface area contributed by atoms with E-state index in [1.807, 2.05) is 0 Å². The van der Waals surface area contributed by atoms with Gasteiger partial charge in [0.15, 0.2) is 0 Å². The van der Waals surface area contributed by atoms with E-state index in [0.29, 0.717) is 23.0 Å². The number of nitrogens with one attached hydrogen (secondary N) is 1. The summed E-state index contributed by atoms with van der Waals surface area (Å²) in [6, 6.07) is 17.0. The summed E-state index contributed by atoms with van der Waals surface area (Å²) in [5.41, 5.74) is 1.10. The average Bonchev–Trinajstić information content (AvgIpc) is 3.24. The number of carbonyl (C=O) groups excluding carboxylic acids is 1. The number of hydrogen-bond acceptors (Lipinski definition) is 6. The molecule has 0 bridgehead atoms. The lowest BCUT2D eigenvalue weighted by Crippen LogP contribution is -2.33. The minimum absolute atomic E-state index is 0.0385. The highest BCUT2D eigenvalue weighted by Crippen LogP contribution is 2.43. The Morgan fingerprint density at radius 3 is 2.46 bits per heavy atom. The highest BCUT2D eigenvalue weighted by Gasteiger charge is 2.33. The Bertz CT molecular complexity index is 1680. The molecule has 180 valence electrons. The first-order chi connectivity index (χ1) is 16.5. The van der Waals surface area contributed by atoms with Crippen LogP contribution < -0.4 is 14.8 Å². The Labute approximate surface area is 206 Å². The number of amides is 1. The number of aryl methyl sites for hydroxylation is 1. The van der Waals surface area contributed by atoms with Crippen LogP contribution in [0.25, 0.3) is 11.0 Å². The van der Waals surface area contributed by atoms with Crippen LogP contribution in [0.15, 0.2) is 81.1 Å². The van der Waals surface area contributed by atoms with Gasteiger partial charge in [-0.15, -0.1) is 0 Å². The summed E-state index contributed by atoms with van der Waals surface area (Å²) in [5, 5.41) is 5.89. The molecule has 0 atom stereocenters. The number of nitrogens with zero attached hydrogens (tertiary/aromatic N) is 1. The van der Waals surface area contributed by atoms with Crippen LogP contribution in [0.4, 0.5) is 17.1 Å². The maximum Gasteiger partial charge on any atom is 0.295 e. The van der Waals surface area contributed by atoms with Crippen molar-refractivity contribution in [3.8, 4) is 0 Å². The lowest BCUT2D eigenvalue weighted by atomic mass is 10.00. The monoisotopic (exact) mass is 531 g/mol. The van der Waals surface area contributed by atoms with Gasteiger partial charge in [0.2, 0.25) is 21.0 Å². The minimum Gasteiger partial charge on any atom is -0.443 e. The van der Waals surface area contributed by atoms with Gasteiger partial charge in [0.25, 0.3) is 10.0 Å². The first-order valence-corrected chi connectivity index (χ1v) is 13.7. The molecule has 1 aliphatic rings. The molecule has 9 nitrogen and oxygen atoms in total. The van der Waals surface area contributed by atoms with Crippen molar-refractivity contribution in [1.82, 2.24) is 0 Å². The molecule has 35 heavy (non-hydrogen) atoms. The number of nitrogens with two attached hydrogens (primary N) is 1. The molecule has 4 aromatic rings. The second kappa shape index (κ2) is 8.38. The van der Waals surface area contributed by atoms with Gasteiger partial charge in [0.1, 0.15) is 10.5 Å². The third kappa shape index (κ3) is 4.27. The van der Waals surface area contributed by atoms with Gasteiger partial charge in [-0.25, -0.2) is 13.6 Å². The second-order valence-corrected chi connectivity index (χ2v) is 11.5. The topological polar surface area (TPSA) is 140 Å². The number of rotatable bonds is 5. The number of primary sulfonamides is 1. The van der Waals surface area contributed by atoms with E-state index in [1.54, 1.807) is 36.4 Å². The predicted octanol–water partition coefficient (Wildman–Crippen LogP) is 4.15. The van der Waals surface area contributed by atoms with Crippen molar-refractivity contribution in [2.24, 2.45) is 5.14 Å². The molecule has 3 aromatic carbocycles. The third-order valence-corrected chi connectivity index (χ3v) is 7.98. The smallest absolute Gasteiger partial charge is 0.295 e. The van der Waals surface area contributed by atoms with Gasteiger partial charge in [0, 0.05) is 22.9 Å². The largest absolute Gasteiger partial charge is 0.443 e. The molecule has 0 radical (unpaired) electrons. The molecule has 1 amide bonds. The maximum absolute atomic E-state index is 13.2. The number of furan rings is 1. The molecule has 1 aromatic heterocycles. The molecular weight excluding hydrogens is 514 g/mol.